The fourth-order valence-corrected chi connectivity index (χ4v) is 2.61. The molecule has 0 aliphatic heterocycles. The van der Waals surface area contributed by atoms with E-state index in [9.17, 15) is 4.79 Å². The minimum Gasteiger partial charge on any atom is -0.478 e. The van der Waals surface area contributed by atoms with Gasteiger partial charge in [-0.05, 0) is 31.6 Å². The second kappa shape index (κ2) is 7.48. The van der Waals surface area contributed by atoms with Gasteiger partial charge in [-0.15, -0.1) is 0 Å². The molecule has 0 unspecified atom stereocenters. The highest BCUT2D eigenvalue weighted by atomic mass is 16.4. The lowest BCUT2D eigenvalue weighted by molar-refractivity contribution is -0.132. The van der Waals surface area contributed by atoms with Crippen LogP contribution in [0.1, 0.15) is 66.2 Å². The molecule has 0 aliphatic rings. The molecular formula is C14H26O2. The lowest BCUT2D eigenvalue weighted by Crippen LogP contribution is -2.19. The van der Waals surface area contributed by atoms with Gasteiger partial charge in [-0.2, -0.15) is 0 Å². The number of rotatable bonds is 8. The average molecular weight is 226 g/mol. The van der Waals surface area contributed by atoms with Gasteiger partial charge in [0.2, 0.25) is 0 Å². The highest BCUT2D eigenvalue weighted by Gasteiger charge is 2.25. The van der Waals surface area contributed by atoms with E-state index in [-0.39, 0.29) is 5.41 Å². The Morgan fingerprint density at radius 1 is 1.06 bits per heavy atom. The van der Waals surface area contributed by atoms with E-state index in [0.29, 0.717) is 5.57 Å². The molecule has 0 heterocycles. The highest BCUT2D eigenvalue weighted by Crippen LogP contribution is 2.37. The SMILES string of the molecule is CCCC(/C=C(\C)C(=O)O)(CCC)CCC. The van der Waals surface area contributed by atoms with Crippen molar-refractivity contribution in [3.05, 3.63) is 11.6 Å². The summed E-state index contributed by atoms with van der Waals surface area (Å²) in [5, 5.41) is 8.98. The number of carboxylic acid groups (broad SMARTS) is 1. The minimum absolute atomic E-state index is 0.112. The molecule has 0 aromatic heterocycles. The van der Waals surface area contributed by atoms with Crippen LogP contribution in [0.2, 0.25) is 0 Å². The Balaban J connectivity index is 4.99. The maximum absolute atomic E-state index is 10.9. The summed E-state index contributed by atoms with van der Waals surface area (Å²) in [4.78, 5) is 10.9. The quantitative estimate of drug-likeness (QED) is 0.623. The third-order valence-electron chi connectivity index (χ3n) is 3.10. The third-order valence-corrected chi connectivity index (χ3v) is 3.10. The van der Waals surface area contributed by atoms with Crippen LogP contribution in [0.5, 0.6) is 0 Å². The Bertz CT molecular complexity index is 224. The molecule has 0 amide bonds. The summed E-state index contributed by atoms with van der Waals surface area (Å²) < 4.78 is 0. The molecule has 1 N–H and O–H groups in total. The lowest BCUT2D eigenvalue weighted by Gasteiger charge is -2.30. The summed E-state index contributed by atoms with van der Waals surface area (Å²) >= 11 is 0. The first-order valence-corrected chi connectivity index (χ1v) is 6.44. The monoisotopic (exact) mass is 226 g/mol. The van der Waals surface area contributed by atoms with Crippen molar-refractivity contribution in [3.8, 4) is 0 Å². The normalized spacial score (nSPS) is 12.9. The summed E-state index contributed by atoms with van der Waals surface area (Å²) in [6.07, 6.45) is 8.64. The van der Waals surface area contributed by atoms with Gasteiger partial charge in [0.1, 0.15) is 0 Å². The third kappa shape index (κ3) is 4.82. The Hall–Kier alpha value is -0.790. The zero-order chi connectivity index (χ0) is 12.6. The van der Waals surface area contributed by atoms with E-state index >= 15 is 0 Å². The number of aliphatic carboxylic acids is 1. The molecule has 0 aromatic rings. The van der Waals surface area contributed by atoms with E-state index in [2.05, 4.69) is 20.8 Å². The molecule has 0 aliphatic carbocycles. The van der Waals surface area contributed by atoms with Crippen LogP contribution in [0.25, 0.3) is 0 Å². The van der Waals surface area contributed by atoms with Gasteiger partial charge < -0.3 is 5.11 Å². The van der Waals surface area contributed by atoms with Gasteiger partial charge in [0, 0.05) is 5.57 Å². The maximum Gasteiger partial charge on any atom is 0.330 e. The number of carbonyl (C=O) groups is 1. The van der Waals surface area contributed by atoms with Gasteiger partial charge in [-0.25, -0.2) is 4.79 Å². The molecule has 16 heavy (non-hydrogen) atoms. The largest absolute Gasteiger partial charge is 0.478 e. The minimum atomic E-state index is -0.785. The van der Waals surface area contributed by atoms with Gasteiger partial charge in [0.25, 0.3) is 0 Å². The number of hydrogen-bond donors (Lipinski definition) is 1. The van der Waals surface area contributed by atoms with Crippen molar-refractivity contribution in [2.24, 2.45) is 5.41 Å². The van der Waals surface area contributed by atoms with E-state index < -0.39 is 5.97 Å². The molecule has 0 rings (SSSR count). The van der Waals surface area contributed by atoms with Crippen molar-refractivity contribution >= 4 is 5.97 Å². The molecule has 0 atom stereocenters. The first kappa shape index (κ1) is 15.2. The lowest BCUT2D eigenvalue weighted by atomic mass is 9.74. The summed E-state index contributed by atoms with van der Waals surface area (Å²) in [6, 6.07) is 0. The van der Waals surface area contributed by atoms with E-state index in [1.165, 1.54) is 0 Å². The topological polar surface area (TPSA) is 37.3 Å². The van der Waals surface area contributed by atoms with E-state index in [1.807, 2.05) is 6.08 Å². The Labute approximate surface area is 99.7 Å². The van der Waals surface area contributed by atoms with Crippen molar-refractivity contribution in [1.29, 1.82) is 0 Å². The van der Waals surface area contributed by atoms with Crippen molar-refractivity contribution in [2.45, 2.75) is 66.2 Å². The summed E-state index contributed by atoms with van der Waals surface area (Å²) in [5.74, 6) is -0.785. The summed E-state index contributed by atoms with van der Waals surface area (Å²) in [5.41, 5.74) is 0.608. The molecule has 0 radical (unpaired) electrons. The average Bonchev–Trinajstić information content (AvgIpc) is 2.18. The first-order chi connectivity index (χ1) is 7.51. The number of carboxylic acids is 1. The molecule has 0 spiro atoms. The van der Waals surface area contributed by atoms with Crippen LogP contribution >= 0.6 is 0 Å². The molecule has 94 valence electrons. The molecule has 0 saturated carbocycles. The standard InChI is InChI=1S/C14H26O2/c1-5-8-14(9-6-2,10-7-3)11-12(4)13(15)16/h11H,5-10H2,1-4H3,(H,15,16)/b12-11+. The van der Waals surface area contributed by atoms with Crippen LogP contribution in [-0.2, 0) is 4.79 Å². The molecule has 0 aromatic carbocycles. The van der Waals surface area contributed by atoms with Crippen molar-refractivity contribution in [3.63, 3.8) is 0 Å². The van der Waals surface area contributed by atoms with Gasteiger partial charge in [0.05, 0.1) is 0 Å². The number of hydrogen-bond acceptors (Lipinski definition) is 1. The van der Waals surface area contributed by atoms with Crippen LogP contribution in [0, 0.1) is 5.41 Å². The van der Waals surface area contributed by atoms with Gasteiger partial charge >= 0.3 is 5.97 Å². The Morgan fingerprint density at radius 2 is 1.44 bits per heavy atom. The van der Waals surface area contributed by atoms with Gasteiger partial charge in [0.15, 0.2) is 0 Å². The van der Waals surface area contributed by atoms with Crippen LogP contribution in [0.3, 0.4) is 0 Å². The second-order valence-electron chi connectivity index (χ2n) is 4.74. The number of allylic oxidation sites excluding steroid dienone is 1. The fraction of sp³-hybridized carbons (Fsp3) is 0.786. The van der Waals surface area contributed by atoms with Crippen molar-refractivity contribution < 1.29 is 9.90 Å². The predicted octanol–water partition coefficient (Wildman–Crippen LogP) is 4.40. The van der Waals surface area contributed by atoms with E-state index in [1.54, 1.807) is 6.92 Å². The molecule has 0 bridgehead atoms. The van der Waals surface area contributed by atoms with Crippen molar-refractivity contribution in [2.75, 3.05) is 0 Å². The summed E-state index contributed by atoms with van der Waals surface area (Å²) in [6.45, 7) is 8.22. The maximum atomic E-state index is 10.9. The van der Waals surface area contributed by atoms with Crippen LogP contribution in [0.4, 0.5) is 0 Å². The Kier molecular flexibility index (Phi) is 7.11. The smallest absolute Gasteiger partial charge is 0.330 e. The predicted molar refractivity (Wildman–Crippen MR) is 68.5 cm³/mol. The van der Waals surface area contributed by atoms with E-state index in [4.69, 9.17) is 5.11 Å². The van der Waals surface area contributed by atoms with Crippen molar-refractivity contribution in [1.82, 2.24) is 0 Å². The van der Waals surface area contributed by atoms with Crippen LogP contribution in [-0.4, -0.2) is 11.1 Å². The zero-order valence-corrected chi connectivity index (χ0v) is 11.2. The Morgan fingerprint density at radius 3 is 1.69 bits per heavy atom. The molecule has 2 heteroatoms. The molecule has 2 nitrogen and oxygen atoms in total. The van der Waals surface area contributed by atoms with Gasteiger partial charge in [-0.3, -0.25) is 0 Å². The molecule has 0 fully saturated rings. The van der Waals surface area contributed by atoms with Gasteiger partial charge in [-0.1, -0.05) is 46.1 Å². The highest BCUT2D eigenvalue weighted by molar-refractivity contribution is 5.85. The molecular weight excluding hydrogens is 200 g/mol. The molecule has 0 saturated heterocycles. The summed E-state index contributed by atoms with van der Waals surface area (Å²) in [7, 11) is 0. The zero-order valence-electron chi connectivity index (χ0n) is 11.2. The van der Waals surface area contributed by atoms with E-state index in [0.717, 1.165) is 38.5 Å². The second-order valence-corrected chi connectivity index (χ2v) is 4.74. The first-order valence-electron chi connectivity index (χ1n) is 6.44. The van der Waals surface area contributed by atoms with Crippen LogP contribution in [0.15, 0.2) is 11.6 Å². The fourth-order valence-electron chi connectivity index (χ4n) is 2.61. The van der Waals surface area contributed by atoms with Crippen LogP contribution < -0.4 is 0 Å².